The highest BCUT2D eigenvalue weighted by molar-refractivity contribution is 6.30. The lowest BCUT2D eigenvalue weighted by molar-refractivity contribution is 0.627. The van der Waals surface area contributed by atoms with E-state index in [4.69, 9.17) is 11.6 Å². The Kier molecular flexibility index (Phi) is 2.68. The van der Waals surface area contributed by atoms with Crippen LogP contribution in [0.4, 0.5) is 4.39 Å². The van der Waals surface area contributed by atoms with Gasteiger partial charge in [0, 0.05) is 11.6 Å². The summed E-state index contributed by atoms with van der Waals surface area (Å²) in [7, 11) is 0. The summed E-state index contributed by atoms with van der Waals surface area (Å²) in [6, 6.07) is 4.38. The number of aromatic nitrogens is 3. The van der Waals surface area contributed by atoms with Crippen molar-refractivity contribution in [2.75, 3.05) is 0 Å². The van der Waals surface area contributed by atoms with Crippen molar-refractivity contribution < 1.29 is 4.39 Å². The Morgan fingerprint density at radius 2 is 2.27 bits per heavy atom. The van der Waals surface area contributed by atoms with E-state index in [0.29, 0.717) is 23.0 Å². The average Bonchev–Trinajstić information content (AvgIpc) is 2.69. The lowest BCUT2D eigenvalue weighted by Crippen LogP contribution is -1.97. The molecule has 0 saturated heterocycles. The van der Waals surface area contributed by atoms with Gasteiger partial charge in [-0.3, -0.25) is 0 Å². The van der Waals surface area contributed by atoms with Crippen LogP contribution in [0.15, 0.2) is 24.5 Å². The number of aryl methyl sites for hydroxylation is 1. The largest absolute Gasteiger partial charge is 0.314 e. The van der Waals surface area contributed by atoms with E-state index in [1.165, 1.54) is 12.1 Å². The zero-order valence-corrected chi connectivity index (χ0v) is 8.87. The maximum atomic E-state index is 13.5. The van der Waals surface area contributed by atoms with Crippen LogP contribution in [-0.4, -0.2) is 14.8 Å². The number of halogens is 2. The SMILES string of the molecule is CCn1cnnc1-c1cc(Cl)ccc1F. The van der Waals surface area contributed by atoms with Crippen LogP contribution < -0.4 is 0 Å². The van der Waals surface area contributed by atoms with Crippen LogP contribution in [0.1, 0.15) is 6.92 Å². The summed E-state index contributed by atoms with van der Waals surface area (Å²) in [5, 5.41) is 8.10. The molecule has 0 N–H and O–H groups in total. The molecule has 15 heavy (non-hydrogen) atoms. The molecule has 0 aliphatic carbocycles. The van der Waals surface area contributed by atoms with Crippen LogP contribution >= 0.6 is 11.6 Å². The minimum Gasteiger partial charge on any atom is -0.314 e. The van der Waals surface area contributed by atoms with Crippen molar-refractivity contribution in [3.05, 3.63) is 35.4 Å². The predicted molar refractivity (Wildman–Crippen MR) is 56.1 cm³/mol. The predicted octanol–water partition coefficient (Wildman–Crippen LogP) is 2.76. The van der Waals surface area contributed by atoms with Gasteiger partial charge in [0.05, 0.1) is 5.56 Å². The van der Waals surface area contributed by atoms with Gasteiger partial charge in [0.25, 0.3) is 0 Å². The second-order valence-electron chi connectivity index (χ2n) is 3.06. The Labute approximate surface area is 91.5 Å². The lowest BCUT2D eigenvalue weighted by Gasteiger charge is -2.04. The van der Waals surface area contributed by atoms with E-state index in [2.05, 4.69) is 10.2 Å². The van der Waals surface area contributed by atoms with E-state index in [-0.39, 0.29) is 5.82 Å². The molecule has 0 aliphatic rings. The molecule has 1 heterocycles. The molecule has 0 fully saturated rings. The fourth-order valence-corrected chi connectivity index (χ4v) is 1.54. The van der Waals surface area contributed by atoms with Crippen molar-refractivity contribution in [3.63, 3.8) is 0 Å². The maximum absolute atomic E-state index is 13.5. The molecule has 0 aliphatic heterocycles. The fraction of sp³-hybridized carbons (Fsp3) is 0.200. The molecule has 1 aromatic heterocycles. The van der Waals surface area contributed by atoms with E-state index in [1.807, 2.05) is 6.92 Å². The minimum absolute atomic E-state index is 0.345. The van der Waals surface area contributed by atoms with Crippen molar-refractivity contribution in [2.45, 2.75) is 13.5 Å². The Balaban J connectivity index is 2.58. The van der Waals surface area contributed by atoms with E-state index in [9.17, 15) is 4.39 Å². The second kappa shape index (κ2) is 3.98. The zero-order chi connectivity index (χ0) is 10.8. The number of benzene rings is 1. The monoisotopic (exact) mass is 225 g/mol. The molecular weight excluding hydrogens is 217 g/mol. The molecule has 3 nitrogen and oxygen atoms in total. The number of rotatable bonds is 2. The van der Waals surface area contributed by atoms with Gasteiger partial charge in [-0.1, -0.05) is 11.6 Å². The quantitative estimate of drug-likeness (QED) is 0.787. The molecule has 2 rings (SSSR count). The van der Waals surface area contributed by atoms with E-state index in [0.717, 1.165) is 0 Å². The van der Waals surface area contributed by atoms with Crippen LogP contribution in [0.25, 0.3) is 11.4 Å². The fourth-order valence-electron chi connectivity index (χ4n) is 1.36. The average molecular weight is 226 g/mol. The number of hydrogen-bond acceptors (Lipinski definition) is 2. The molecule has 5 heteroatoms. The van der Waals surface area contributed by atoms with Crippen LogP contribution in [0, 0.1) is 5.82 Å². The van der Waals surface area contributed by atoms with Crippen molar-refractivity contribution in [1.82, 2.24) is 14.8 Å². The molecular formula is C10H9ClFN3. The zero-order valence-electron chi connectivity index (χ0n) is 8.11. The van der Waals surface area contributed by atoms with Crippen LogP contribution in [0.3, 0.4) is 0 Å². The van der Waals surface area contributed by atoms with Crippen molar-refractivity contribution in [2.24, 2.45) is 0 Å². The maximum Gasteiger partial charge on any atom is 0.166 e. The smallest absolute Gasteiger partial charge is 0.166 e. The minimum atomic E-state index is -0.345. The van der Waals surface area contributed by atoms with Crippen molar-refractivity contribution in [1.29, 1.82) is 0 Å². The molecule has 2 aromatic rings. The topological polar surface area (TPSA) is 30.7 Å². The summed E-state index contributed by atoms with van der Waals surface area (Å²) in [4.78, 5) is 0. The van der Waals surface area contributed by atoms with Crippen molar-refractivity contribution in [3.8, 4) is 11.4 Å². The van der Waals surface area contributed by atoms with E-state index >= 15 is 0 Å². The van der Waals surface area contributed by atoms with Gasteiger partial charge < -0.3 is 4.57 Å². The molecule has 0 unspecified atom stereocenters. The van der Waals surface area contributed by atoms with Crippen LogP contribution in [-0.2, 0) is 6.54 Å². The summed E-state index contributed by atoms with van der Waals surface area (Å²) < 4.78 is 15.3. The Morgan fingerprint density at radius 1 is 1.47 bits per heavy atom. The first-order valence-electron chi connectivity index (χ1n) is 4.55. The van der Waals surface area contributed by atoms with Gasteiger partial charge in [-0.05, 0) is 25.1 Å². The molecule has 1 aromatic carbocycles. The molecule has 0 radical (unpaired) electrons. The highest BCUT2D eigenvalue weighted by Crippen LogP contribution is 2.24. The third kappa shape index (κ3) is 1.85. The normalized spacial score (nSPS) is 10.6. The van der Waals surface area contributed by atoms with Gasteiger partial charge in [0.1, 0.15) is 12.1 Å². The van der Waals surface area contributed by atoms with Gasteiger partial charge in [-0.15, -0.1) is 10.2 Å². The molecule has 0 atom stereocenters. The molecule has 0 saturated carbocycles. The summed E-state index contributed by atoms with van der Waals surface area (Å²) >= 11 is 5.81. The van der Waals surface area contributed by atoms with Crippen LogP contribution in [0.2, 0.25) is 5.02 Å². The third-order valence-electron chi connectivity index (χ3n) is 2.13. The van der Waals surface area contributed by atoms with E-state index < -0.39 is 0 Å². The molecule has 78 valence electrons. The van der Waals surface area contributed by atoms with Gasteiger partial charge in [-0.25, -0.2) is 4.39 Å². The summed E-state index contributed by atoms with van der Waals surface area (Å²) in [5.41, 5.74) is 0.377. The first kappa shape index (κ1) is 10.1. The highest BCUT2D eigenvalue weighted by Gasteiger charge is 2.11. The summed E-state index contributed by atoms with van der Waals surface area (Å²) in [5.74, 6) is 0.152. The Hall–Kier alpha value is -1.42. The first-order valence-corrected chi connectivity index (χ1v) is 4.93. The lowest BCUT2D eigenvalue weighted by atomic mass is 10.2. The van der Waals surface area contributed by atoms with Gasteiger partial charge in [0.2, 0.25) is 0 Å². The second-order valence-corrected chi connectivity index (χ2v) is 3.50. The van der Waals surface area contributed by atoms with Crippen molar-refractivity contribution >= 4 is 11.6 Å². The standard InChI is InChI=1S/C10H9ClFN3/c1-2-15-6-13-14-10(15)8-5-7(11)3-4-9(8)12/h3-6H,2H2,1H3. The van der Waals surface area contributed by atoms with Crippen LogP contribution in [0.5, 0.6) is 0 Å². The molecule has 0 bridgehead atoms. The number of hydrogen-bond donors (Lipinski definition) is 0. The van der Waals surface area contributed by atoms with Gasteiger partial charge >= 0.3 is 0 Å². The first-order chi connectivity index (χ1) is 7.22. The highest BCUT2D eigenvalue weighted by atomic mass is 35.5. The molecule has 0 spiro atoms. The Morgan fingerprint density at radius 3 is 3.00 bits per heavy atom. The van der Waals surface area contributed by atoms with Gasteiger partial charge in [-0.2, -0.15) is 0 Å². The van der Waals surface area contributed by atoms with E-state index in [1.54, 1.807) is 17.0 Å². The molecule has 0 amide bonds. The summed E-state index contributed by atoms with van der Waals surface area (Å²) in [6.45, 7) is 2.63. The van der Waals surface area contributed by atoms with Gasteiger partial charge in [0.15, 0.2) is 5.82 Å². The summed E-state index contributed by atoms with van der Waals surface area (Å²) in [6.07, 6.45) is 1.57. The number of nitrogens with zero attached hydrogens (tertiary/aromatic N) is 3. The Bertz CT molecular complexity index is 481. The third-order valence-corrected chi connectivity index (χ3v) is 2.36.